The maximum Gasteiger partial charge on any atom is 0.351 e. The van der Waals surface area contributed by atoms with Crippen molar-refractivity contribution in [1.82, 2.24) is 0 Å². The van der Waals surface area contributed by atoms with Gasteiger partial charge in [-0.2, -0.15) is 0 Å². The number of ether oxygens (including phenoxy) is 2. The lowest BCUT2D eigenvalue weighted by Crippen LogP contribution is -2.27. The molecule has 1 atom stereocenters. The summed E-state index contributed by atoms with van der Waals surface area (Å²) in [6.45, 7) is 4.43. The van der Waals surface area contributed by atoms with Gasteiger partial charge in [0.05, 0.1) is 7.11 Å². The molecule has 1 fully saturated rings. The Morgan fingerprint density at radius 1 is 1.04 bits per heavy atom. The van der Waals surface area contributed by atoms with Gasteiger partial charge in [0.1, 0.15) is 5.75 Å². The van der Waals surface area contributed by atoms with Gasteiger partial charge in [0.25, 0.3) is 0 Å². The molecule has 0 amide bonds. The minimum Gasteiger partial charge on any atom is -0.474 e. The zero-order valence-electron chi connectivity index (χ0n) is 16.0. The third-order valence-electron chi connectivity index (χ3n) is 5.50. The smallest absolute Gasteiger partial charge is 0.351 e. The zero-order valence-corrected chi connectivity index (χ0v) is 16.0. The van der Waals surface area contributed by atoms with Gasteiger partial charge in [0, 0.05) is 11.1 Å². The fraction of sp³-hybridized carbons (Fsp3) is 0.435. The van der Waals surface area contributed by atoms with Gasteiger partial charge in [-0.05, 0) is 31.2 Å². The summed E-state index contributed by atoms with van der Waals surface area (Å²) < 4.78 is 11.3. The predicted octanol–water partition coefficient (Wildman–Crippen LogP) is 5.51. The Balaban J connectivity index is 1.98. The van der Waals surface area contributed by atoms with Crippen LogP contribution in [0.25, 0.3) is 0 Å². The highest BCUT2D eigenvalue weighted by molar-refractivity contribution is 5.77. The first-order valence-electron chi connectivity index (χ1n) is 9.44. The van der Waals surface area contributed by atoms with Crippen LogP contribution in [0.15, 0.2) is 48.5 Å². The first-order valence-corrected chi connectivity index (χ1v) is 9.44. The molecule has 2 aromatic rings. The van der Waals surface area contributed by atoms with Gasteiger partial charge < -0.3 is 9.47 Å². The van der Waals surface area contributed by atoms with Gasteiger partial charge in [-0.1, -0.05) is 74.2 Å². The monoisotopic (exact) mass is 352 g/mol. The van der Waals surface area contributed by atoms with Crippen molar-refractivity contribution in [2.24, 2.45) is 0 Å². The summed E-state index contributed by atoms with van der Waals surface area (Å²) >= 11 is 0. The second kappa shape index (κ2) is 7.94. The van der Waals surface area contributed by atoms with Crippen LogP contribution in [0.4, 0.5) is 0 Å². The normalized spacial score (nSPS) is 17.3. The Bertz CT molecular complexity index is 745. The molecule has 0 bridgehead atoms. The number of carbonyl (C=O) groups is 1. The largest absolute Gasteiger partial charge is 0.474 e. The van der Waals surface area contributed by atoms with Crippen LogP contribution in [0.3, 0.4) is 0 Å². The van der Waals surface area contributed by atoms with E-state index in [1.54, 1.807) is 0 Å². The summed E-state index contributed by atoms with van der Waals surface area (Å²) in [7, 11) is 1.40. The van der Waals surface area contributed by atoms with Crippen molar-refractivity contribution in [2.45, 2.75) is 57.5 Å². The van der Waals surface area contributed by atoms with Crippen molar-refractivity contribution in [3.8, 4) is 5.75 Å². The van der Waals surface area contributed by atoms with Crippen LogP contribution >= 0.6 is 0 Å². The molecule has 3 nitrogen and oxygen atoms in total. The molecule has 0 spiro atoms. The average molecular weight is 352 g/mol. The van der Waals surface area contributed by atoms with Crippen molar-refractivity contribution >= 4 is 5.97 Å². The van der Waals surface area contributed by atoms with E-state index in [4.69, 9.17) is 9.47 Å². The lowest BCUT2D eigenvalue weighted by molar-refractivity contribution is -0.149. The highest BCUT2D eigenvalue weighted by atomic mass is 16.6. The third-order valence-corrected chi connectivity index (χ3v) is 5.50. The minimum atomic E-state index is -0.755. The zero-order chi connectivity index (χ0) is 18.6. The Hall–Kier alpha value is -2.29. The molecule has 1 aliphatic carbocycles. The molecule has 0 saturated heterocycles. The SMILES string of the molecule is COC(=O)C(Oc1ccc(C)cc1C1(C)CCCCC1)c1ccccc1. The number of esters is 1. The molecule has 2 aromatic carbocycles. The van der Waals surface area contributed by atoms with Gasteiger partial charge in [0.2, 0.25) is 6.10 Å². The molecule has 1 aliphatic rings. The number of hydrogen-bond donors (Lipinski definition) is 0. The molecule has 1 unspecified atom stereocenters. The Labute approximate surface area is 156 Å². The number of carbonyl (C=O) groups excluding carboxylic acids is 1. The van der Waals surface area contributed by atoms with Crippen LogP contribution in [0, 0.1) is 6.92 Å². The molecule has 0 aromatic heterocycles. The fourth-order valence-corrected chi connectivity index (χ4v) is 3.93. The van der Waals surface area contributed by atoms with Gasteiger partial charge in [0.15, 0.2) is 0 Å². The first-order chi connectivity index (χ1) is 12.5. The predicted molar refractivity (Wildman–Crippen MR) is 103 cm³/mol. The van der Waals surface area contributed by atoms with E-state index in [1.807, 2.05) is 42.5 Å². The number of rotatable bonds is 5. The van der Waals surface area contributed by atoms with Crippen LogP contribution < -0.4 is 4.74 Å². The van der Waals surface area contributed by atoms with E-state index in [2.05, 4.69) is 19.9 Å². The Morgan fingerprint density at radius 2 is 1.73 bits per heavy atom. The lowest BCUT2D eigenvalue weighted by Gasteiger charge is -2.36. The highest BCUT2D eigenvalue weighted by Crippen LogP contribution is 2.44. The van der Waals surface area contributed by atoms with E-state index in [1.165, 1.54) is 37.5 Å². The summed E-state index contributed by atoms with van der Waals surface area (Å²) in [5, 5.41) is 0. The average Bonchev–Trinajstić information content (AvgIpc) is 2.67. The summed E-state index contributed by atoms with van der Waals surface area (Å²) in [6.07, 6.45) is 5.33. The number of benzene rings is 2. The van der Waals surface area contributed by atoms with E-state index in [0.717, 1.165) is 24.2 Å². The first kappa shape index (κ1) is 18.5. The molecule has 0 radical (unpaired) electrons. The van der Waals surface area contributed by atoms with Crippen LogP contribution in [0.5, 0.6) is 5.75 Å². The van der Waals surface area contributed by atoms with E-state index >= 15 is 0 Å². The lowest BCUT2D eigenvalue weighted by atomic mass is 9.70. The quantitative estimate of drug-likeness (QED) is 0.666. The number of hydrogen-bond acceptors (Lipinski definition) is 3. The molecule has 138 valence electrons. The number of methoxy groups -OCH3 is 1. The molecular formula is C23H28O3. The molecular weight excluding hydrogens is 324 g/mol. The van der Waals surface area contributed by atoms with E-state index in [9.17, 15) is 4.79 Å². The van der Waals surface area contributed by atoms with Gasteiger partial charge in [-0.25, -0.2) is 4.79 Å². The summed E-state index contributed by atoms with van der Waals surface area (Å²) in [4.78, 5) is 12.4. The summed E-state index contributed by atoms with van der Waals surface area (Å²) in [5.41, 5.74) is 3.33. The van der Waals surface area contributed by atoms with Gasteiger partial charge in [-0.15, -0.1) is 0 Å². The van der Waals surface area contributed by atoms with Crippen LogP contribution in [0.2, 0.25) is 0 Å². The van der Waals surface area contributed by atoms with Crippen molar-refractivity contribution in [1.29, 1.82) is 0 Å². The van der Waals surface area contributed by atoms with Crippen molar-refractivity contribution in [2.75, 3.05) is 7.11 Å². The van der Waals surface area contributed by atoms with Crippen molar-refractivity contribution in [3.05, 3.63) is 65.2 Å². The van der Waals surface area contributed by atoms with E-state index in [0.29, 0.717) is 0 Å². The van der Waals surface area contributed by atoms with Crippen LogP contribution in [-0.2, 0) is 14.9 Å². The maximum atomic E-state index is 12.4. The van der Waals surface area contributed by atoms with Gasteiger partial charge in [-0.3, -0.25) is 0 Å². The van der Waals surface area contributed by atoms with Crippen molar-refractivity contribution < 1.29 is 14.3 Å². The van der Waals surface area contributed by atoms with Crippen LogP contribution in [0.1, 0.15) is 61.8 Å². The minimum absolute atomic E-state index is 0.0942. The Morgan fingerprint density at radius 3 is 2.38 bits per heavy atom. The molecule has 0 aliphatic heterocycles. The van der Waals surface area contributed by atoms with Crippen molar-refractivity contribution in [3.63, 3.8) is 0 Å². The molecule has 3 rings (SSSR count). The molecule has 1 saturated carbocycles. The molecule has 0 heterocycles. The molecule has 26 heavy (non-hydrogen) atoms. The summed E-state index contributed by atoms with van der Waals surface area (Å²) in [5.74, 6) is 0.413. The van der Waals surface area contributed by atoms with E-state index < -0.39 is 6.10 Å². The molecule has 0 N–H and O–H groups in total. The fourth-order valence-electron chi connectivity index (χ4n) is 3.93. The second-order valence-electron chi connectivity index (χ2n) is 7.55. The molecule has 3 heteroatoms. The van der Waals surface area contributed by atoms with Crippen LogP contribution in [-0.4, -0.2) is 13.1 Å². The van der Waals surface area contributed by atoms with Gasteiger partial charge >= 0.3 is 5.97 Å². The highest BCUT2D eigenvalue weighted by Gasteiger charge is 2.33. The van der Waals surface area contributed by atoms with E-state index in [-0.39, 0.29) is 11.4 Å². The maximum absolute atomic E-state index is 12.4. The Kier molecular flexibility index (Phi) is 5.65. The second-order valence-corrected chi connectivity index (χ2v) is 7.55. The third kappa shape index (κ3) is 3.92. The standard InChI is InChI=1S/C23H28O3/c1-17-12-13-20(19(16-17)23(2)14-8-5-9-15-23)26-21(22(24)25-3)18-10-6-4-7-11-18/h4,6-7,10-13,16,21H,5,8-9,14-15H2,1-3H3. The number of aryl methyl sites for hydroxylation is 1. The topological polar surface area (TPSA) is 35.5 Å². The summed E-state index contributed by atoms with van der Waals surface area (Å²) in [6, 6.07) is 15.8.